The van der Waals surface area contributed by atoms with Gasteiger partial charge in [-0.3, -0.25) is 4.79 Å². The highest BCUT2D eigenvalue weighted by Crippen LogP contribution is 2.44. The SMILES string of the molecule is C[C@@H]1CCCC[C@H]1NC(=O)C1(c2ccccc2)CCC1. The van der Waals surface area contributed by atoms with Crippen LogP contribution < -0.4 is 5.32 Å². The van der Waals surface area contributed by atoms with E-state index in [1.54, 1.807) is 0 Å². The first kappa shape index (κ1) is 13.7. The Labute approximate surface area is 122 Å². The van der Waals surface area contributed by atoms with Crippen LogP contribution in [-0.4, -0.2) is 11.9 Å². The Morgan fingerprint density at radius 2 is 1.80 bits per heavy atom. The summed E-state index contributed by atoms with van der Waals surface area (Å²) in [6, 6.07) is 10.7. The standard InChI is InChI=1S/C18H25NO/c1-14-8-5-6-11-16(14)19-17(20)18(12-7-13-18)15-9-3-2-4-10-15/h2-4,9-10,14,16H,5-8,11-13H2,1H3,(H,19,20)/t14-,16-/m1/s1. The largest absolute Gasteiger partial charge is 0.352 e. The number of hydrogen-bond acceptors (Lipinski definition) is 1. The minimum Gasteiger partial charge on any atom is -0.352 e. The fraction of sp³-hybridized carbons (Fsp3) is 0.611. The maximum atomic E-state index is 12.9. The number of amides is 1. The van der Waals surface area contributed by atoms with Crippen molar-refractivity contribution in [1.29, 1.82) is 0 Å². The Kier molecular flexibility index (Phi) is 3.82. The molecule has 0 bridgehead atoms. The van der Waals surface area contributed by atoms with Crippen molar-refractivity contribution in [3.8, 4) is 0 Å². The second kappa shape index (κ2) is 5.59. The zero-order chi connectivity index (χ0) is 14.0. The van der Waals surface area contributed by atoms with E-state index in [9.17, 15) is 4.79 Å². The van der Waals surface area contributed by atoms with Gasteiger partial charge in [-0.05, 0) is 37.2 Å². The summed E-state index contributed by atoms with van der Waals surface area (Å²) in [4.78, 5) is 12.9. The number of carbonyl (C=O) groups is 1. The highest BCUT2D eigenvalue weighted by atomic mass is 16.2. The van der Waals surface area contributed by atoms with Gasteiger partial charge in [0.2, 0.25) is 5.91 Å². The van der Waals surface area contributed by atoms with Crippen LogP contribution in [0, 0.1) is 5.92 Å². The van der Waals surface area contributed by atoms with E-state index in [1.807, 2.05) is 18.2 Å². The highest BCUT2D eigenvalue weighted by molar-refractivity contribution is 5.89. The van der Waals surface area contributed by atoms with E-state index < -0.39 is 0 Å². The quantitative estimate of drug-likeness (QED) is 0.890. The molecule has 2 atom stereocenters. The fourth-order valence-electron chi connectivity index (χ4n) is 3.77. The molecule has 0 aromatic heterocycles. The summed E-state index contributed by atoms with van der Waals surface area (Å²) < 4.78 is 0. The van der Waals surface area contributed by atoms with Gasteiger partial charge in [0.05, 0.1) is 5.41 Å². The number of hydrogen-bond donors (Lipinski definition) is 1. The second-order valence-electron chi connectivity index (χ2n) is 6.64. The summed E-state index contributed by atoms with van der Waals surface area (Å²) >= 11 is 0. The third-order valence-electron chi connectivity index (χ3n) is 5.40. The molecule has 1 aromatic rings. The van der Waals surface area contributed by atoms with Gasteiger partial charge in [0.1, 0.15) is 0 Å². The molecule has 2 fully saturated rings. The molecule has 108 valence electrons. The van der Waals surface area contributed by atoms with Crippen molar-refractivity contribution < 1.29 is 4.79 Å². The molecule has 2 heteroatoms. The maximum absolute atomic E-state index is 12.9. The molecule has 2 aliphatic rings. The Hall–Kier alpha value is -1.31. The first-order valence-corrected chi connectivity index (χ1v) is 8.09. The molecule has 2 saturated carbocycles. The molecule has 3 rings (SSSR count). The van der Waals surface area contributed by atoms with Crippen molar-refractivity contribution in [2.24, 2.45) is 5.92 Å². The molecule has 2 nitrogen and oxygen atoms in total. The molecule has 2 aliphatic carbocycles. The lowest BCUT2D eigenvalue weighted by atomic mass is 9.63. The second-order valence-corrected chi connectivity index (χ2v) is 6.64. The highest BCUT2D eigenvalue weighted by Gasteiger charge is 2.46. The van der Waals surface area contributed by atoms with Crippen LogP contribution in [0.5, 0.6) is 0 Å². The van der Waals surface area contributed by atoms with E-state index >= 15 is 0 Å². The van der Waals surface area contributed by atoms with Gasteiger partial charge in [-0.1, -0.05) is 56.5 Å². The van der Waals surface area contributed by atoms with Gasteiger partial charge < -0.3 is 5.32 Å². The first-order chi connectivity index (χ1) is 9.72. The van der Waals surface area contributed by atoms with Crippen molar-refractivity contribution in [3.05, 3.63) is 35.9 Å². The molecular weight excluding hydrogens is 246 g/mol. The van der Waals surface area contributed by atoms with Crippen LogP contribution in [0.15, 0.2) is 30.3 Å². The molecule has 0 aliphatic heterocycles. The van der Waals surface area contributed by atoms with E-state index in [2.05, 4.69) is 24.4 Å². The summed E-state index contributed by atoms with van der Waals surface area (Å²) in [6.45, 7) is 2.28. The molecule has 0 unspecified atom stereocenters. The molecular formula is C18H25NO. The van der Waals surface area contributed by atoms with E-state index in [0.717, 1.165) is 19.3 Å². The van der Waals surface area contributed by atoms with Crippen LogP contribution in [0.1, 0.15) is 57.4 Å². The van der Waals surface area contributed by atoms with E-state index in [4.69, 9.17) is 0 Å². The molecule has 0 saturated heterocycles. The molecule has 0 heterocycles. The van der Waals surface area contributed by atoms with Gasteiger partial charge in [-0.25, -0.2) is 0 Å². The zero-order valence-electron chi connectivity index (χ0n) is 12.4. The third kappa shape index (κ3) is 2.36. The van der Waals surface area contributed by atoms with Gasteiger partial charge in [0, 0.05) is 6.04 Å². The van der Waals surface area contributed by atoms with Crippen LogP contribution in [0.3, 0.4) is 0 Å². The Morgan fingerprint density at radius 1 is 1.10 bits per heavy atom. The third-order valence-corrected chi connectivity index (χ3v) is 5.40. The van der Waals surface area contributed by atoms with Crippen molar-refractivity contribution in [1.82, 2.24) is 5.32 Å². The molecule has 20 heavy (non-hydrogen) atoms. The normalized spacial score (nSPS) is 28.4. The fourth-order valence-corrected chi connectivity index (χ4v) is 3.77. The number of benzene rings is 1. The van der Waals surface area contributed by atoms with Crippen LogP contribution in [0.2, 0.25) is 0 Å². The maximum Gasteiger partial charge on any atom is 0.230 e. The molecule has 0 radical (unpaired) electrons. The number of carbonyl (C=O) groups excluding carboxylic acids is 1. The summed E-state index contributed by atoms with van der Waals surface area (Å²) in [5.74, 6) is 0.897. The van der Waals surface area contributed by atoms with E-state index in [0.29, 0.717) is 12.0 Å². The zero-order valence-corrected chi connectivity index (χ0v) is 12.4. The van der Waals surface area contributed by atoms with Crippen LogP contribution in [0.25, 0.3) is 0 Å². The van der Waals surface area contributed by atoms with Gasteiger partial charge in [0.25, 0.3) is 0 Å². The minimum atomic E-state index is -0.238. The predicted molar refractivity (Wildman–Crippen MR) is 81.5 cm³/mol. The summed E-state index contributed by atoms with van der Waals surface area (Å²) in [7, 11) is 0. The van der Waals surface area contributed by atoms with E-state index in [-0.39, 0.29) is 11.3 Å². The predicted octanol–water partition coefficient (Wildman–Crippen LogP) is 3.80. The van der Waals surface area contributed by atoms with Gasteiger partial charge in [0.15, 0.2) is 0 Å². The lowest BCUT2D eigenvalue weighted by Crippen LogP contribution is -2.53. The summed E-state index contributed by atoms with van der Waals surface area (Å²) in [5, 5.41) is 3.37. The molecule has 1 amide bonds. The van der Waals surface area contributed by atoms with Crippen LogP contribution in [0.4, 0.5) is 0 Å². The van der Waals surface area contributed by atoms with Crippen molar-refractivity contribution in [3.63, 3.8) is 0 Å². The molecule has 0 spiro atoms. The summed E-state index contributed by atoms with van der Waals surface area (Å²) in [5.41, 5.74) is 0.963. The van der Waals surface area contributed by atoms with Crippen LogP contribution >= 0.6 is 0 Å². The topological polar surface area (TPSA) is 29.1 Å². The van der Waals surface area contributed by atoms with E-state index in [1.165, 1.54) is 31.2 Å². The lowest BCUT2D eigenvalue weighted by molar-refractivity contribution is -0.131. The minimum absolute atomic E-state index is 0.238. The molecule has 1 aromatic carbocycles. The Morgan fingerprint density at radius 3 is 2.40 bits per heavy atom. The van der Waals surface area contributed by atoms with Crippen molar-refractivity contribution in [2.45, 2.75) is 63.3 Å². The number of nitrogens with one attached hydrogen (secondary N) is 1. The van der Waals surface area contributed by atoms with Crippen molar-refractivity contribution >= 4 is 5.91 Å². The monoisotopic (exact) mass is 271 g/mol. The average Bonchev–Trinajstić information content (AvgIpc) is 2.41. The Balaban J connectivity index is 1.74. The smallest absolute Gasteiger partial charge is 0.230 e. The first-order valence-electron chi connectivity index (χ1n) is 8.09. The average molecular weight is 271 g/mol. The van der Waals surface area contributed by atoms with Gasteiger partial charge >= 0.3 is 0 Å². The van der Waals surface area contributed by atoms with Gasteiger partial charge in [-0.2, -0.15) is 0 Å². The lowest BCUT2D eigenvalue weighted by Gasteiger charge is -2.42. The molecule has 1 N–H and O–H groups in total. The van der Waals surface area contributed by atoms with Crippen LogP contribution in [-0.2, 0) is 10.2 Å². The number of rotatable bonds is 3. The summed E-state index contributed by atoms with van der Waals surface area (Å²) in [6.07, 6.45) is 8.16. The Bertz CT molecular complexity index is 464. The van der Waals surface area contributed by atoms with Gasteiger partial charge in [-0.15, -0.1) is 0 Å². The van der Waals surface area contributed by atoms with Crippen molar-refractivity contribution in [2.75, 3.05) is 0 Å².